The average Bonchev–Trinajstić information content (AvgIpc) is 2.82. The SMILES string of the molecule is Cc1sc(C2CCCN2)nc1C(=O)OC(C)(C)C. The first kappa shape index (κ1) is 13.5. The maximum atomic E-state index is 12.0. The van der Waals surface area contributed by atoms with E-state index in [0.29, 0.717) is 11.7 Å². The molecule has 0 aliphatic carbocycles. The van der Waals surface area contributed by atoms with Crippen molar-refractivity contribution >= 4 is 17.3 Å². The number of nitrogens with one attached hydrogen (secondary N) is 1. The van der Waals surface area contributed by atoms with Crippen LogP contribution in [0.3, 0.4) is 0 Å². The Bertz CT molecular complexity index is 442. The molecule has 1 fully saturated rings. The van der Waals surface area contributed by atoms with Gasteiger partial charge in [0.25, 0.3) is 0 Å². The van der Waals surface area contributed by atoms with E-state index in [2.05, 4.69) is 10.3 Å². The molecule has 1 N–H and O–H groups in total. The summed E-state index contributed by atoms with van der Waals surface area (Å²) in [5.74, 6) is -0.319. The lowest BCUT2D eigenvalue weighted by Crippen LogP contribution is -2.24. The van der Waals surface area contributed by atoms with Gasteiger partial charge in [-0.15, -0.1) is 11.3 Å². The van der Waals surface area contributed by atoms with Crippen LogP contribution in [-0.2, 0) is 4.74 Å². The van der Waals surface area contributed by atoms with Gasteiger partial charge in [-0.2, -0.15) is 0 Å². The Morgan fingerprint density at radius 3 is 2.78 bits per heavy atom. The molecule has 0 bridgehead atoms. The van der Waals surface area contributed by atoms with Gasteiger partial charge in [0, 0.05) is 4.88 Å². The topological polar surface area (TPSA) is 51.2 Å². The number of esters is 1. The summed E-state index contributed by atoms with van der Waals surface area (Å²) in [4.78, 5) is 17.4. The van der Waals surface area contributed by atoms with Gasteiger partial charge in [-0.3, -0.25) is 0 Å². The summed E-state index contributed by atoms with van der Waals surface area (Å²) in [6, 6.07) is 0.310. The standard InChI is InChI=1S/C13H20N2O2S/c1-8-10(12(16)17-13(2,3)4)15-11(18-8)9-6-5-7-14-9/h9,14H,5-7H2,1-4H3. The first-order valence-corrected chi connectivity index (χ1v) is 7.12. The van der Waals surface area contributed by atoms with Crippen molar-refractivity contribution in [3.63, 3.8) is 0 Å². The second-order valence-electron chi connectivity index (χ2n) is 5.61. The second-order valence-corrected chi connectivity index (χ2v) is 6.84. The van der Waals surface area contributed by atoms with Crippen LogP contribution in [0.1, 0.15) is 60.0 Å². The van der Waals surface area contributed by atoms with Gasteiger partial charge in [0.15, 0.2) is 5.69 Å². The minimum absolute atomic E-state index is 0.310. The number of aryl methyl sites for hydroxylation is 1. The molecule has 18 heavy (non-hydrogen) atoms. The molecule has 0 radical (unpaired) electrons. The molecule has 5 heteroatoms. The summed E-state index contributed by atoms with van der Waals surface area (Å²) in [6.45, 7) is 8.56. The fourth-order valence-corrected chi connectivity index (χ4v) is 3.00. The molecule has 1 aromatic heterocycles. The van der Waals surface area contributed by atoms with Crippen LogP contribution in [0.2, 0.25) is 0 Å². The molecule has 1 unspecified atom stereocenters. The van der Waals surface area contributed by atoms with Crippen LogP contribution in [0.25, 0.3) is 0 Å². The minimum atomic E-state index is -0.473. The van der Waals surface area contributed by atoms with Crippen molar-refractivity contribution in [2.45, 2.75) is 52.2 Å². The van der Waals surface area contributed by atoms with Gasteiger partial charge in [-0.25, -0.2) is 9.78 Å². The van der Waals surface area contributed by atoms with Crippen molar-refractivity contribution < 1.29 is 9.53 Å². The zero-order valence-electron chi connectivity index (χ0n) is 11.4. The predicted octanol–water partition coefficient (Wildman–Crippen LogP) is 2.83. The molecular formula is C13H20N2O2S. The second kappa shape index (κ2) is 4.97. The molecule has 0 spiro atoms. The Morgan fingerprint density at radius 1 is 1.50 bits per heavy atom. The number of hydrogen-bond donors (Lipinski definition) is 1. The summed E-state index contributed by atoms with van der Waals surface area (Å²) in [5, 5.41) is 4.40. The van der Waals surface area contributed by atoms with Crippen LogP contribution in [0.15, 0.2) is 0 Å². The van der Waals surface area contributed by atoms with Crippen LogP contribution >= 0.6 is 11.3 Å². The number of nitrogens with zero attached hydrogens (tertiary/aromatic N) is 1. The van der Waals surface area contributed by atoms with Gasteiger partial charge in [0.2, 0.25) is 0 Å². The van der Waals surface area contributed by atoms with E-state index in [4.69, 9.17) is 4.74 Å². The van der Waals surface area contributed by atoms with Gasteiger partial charge >= 0.3 is 5.97 Å². The molecule has 1 aliphatic heterocycles. The van der Waals surface area contributed by atoms with Crippen LogP contribution in [-0.4, -0.2) is 23.1 Å². The van der Waals surface area contributed by atoms with Crippen molar-refractivity contribution in [2.75, 3.05) is 6.54 Å². The van der Waals surface area contributed by atoms with Gasteiger partial charge < -0.3 is 10.1 Å². The molecule has 0 amide bonds. The minimum Gasteiger partial charge on any atom is -0.455 e. The van der Waals surface area contributed by atoms with E-state index in [-0.39, 0.29) is 5.97 Å². The van der Waals surface area contributed by atoms with Gasteiger partial charge in [-0.1, -0.05) is 0 Å². The molecular weight excluding hydrogens is 248 g/mol. The molecule has 1 saturated heterocycles. The van der Waals surface area contributed by atoms with E-state index < -0.39 is 5.60 Å². The summed E-state index contributed by atoms with van der Waals surface area (Å²) >= 11 is 1.59. The molecule has 0 aromatic carbocycles. The summed E-state index contributed by atoms with van der Waals surface area (Å²) in [6.07, 6.45) is 2.27. The summed E-state index contributed by atoms with van der Waals surface area (Å²) < 4.78 is 5.37. The fourth-order valence-electron chi connectivity index (χ4n) is 1.98. The molecule has 0 saturated carbocycles. The highest BCUT2D eigenvalue weighted by Crippen LogP contribution is 2.29. The number of carbonyl (C=O) groups is 1. The van der Waals surface area contributed by atoms with Crippen LogP contribution < -0.4 is 5.32 Å². The Hall–Kier alpha value is -0.940. The van der Waals surface area contributed by atoms with Crippen molar-refractivity contribution in [2.24, 2.45) is 0 Å². The maximum absolute atomic E-state index is 12.0. The molecule has 1 aliphatic rings. The molecule has 100 valence electrons. The Morgan fingerprint density at radius 2 is 2.22 bits per heavy atom. The first-order valence-electron chi connectivity index (χ1n) is 6.31. The quantitative estimate of drug-likeness (QED) is 0.838. The van der Waals surface area contributed by atoms with E-state index >= 15 is 0 Å². The summed E-state index contributed by atoms with van der Waals surface area (Å²) in [7, 11) is 0. The highest BCUT2D eigenvalue weighted by molar-refractivity contribution is 7.12. The molecule has 1 atom stereocenters. The number of hydrogen-bond acceptors (Lipinski definition) is 5. The van der Waals surface area contributed by atoms with Gasteiger partial charge in [-0.05, 0) is 47.1 Å². The van der Waals surface area contributed by atoms with E-state index in [1.807, 2.05) is 27.7 Å². The normalized spacial score (nSPS) is 20.1. The van der Waals surface area contributed by atoms with E-state index in [1.54, 1.807) is 11.3 Å². The van der Waals surface area contributed by atoms with E-state index in [9.17, 15) is 4.79 Å². The number of rotatable bonds is 2. The molecule has 2 heterocycles. The Balaban J connectivity index is 2.16. The van der Waals surface area contributed by atoms with Crippen molar-refractivity contribution in [1.29, 1.82) is 0 Å². The zero-order valence-corrected chi connectivity index (χ0v) is 12.2. The molecule has 4 nitrogen and oxygen atoms in total. The highest BCUT2D eigenvalue weighted by Gasteiger charge is 2.26. The van der Waals surface area contributed by atoms with Gasteiger partial charge in [0.05, 0.1) is 6.04 Å². The third-order valence-electron chi connectivity index (χ3n) is 2.76. The third-order valence-corrected chi connectivity index (χ3v) is 3.85. The number of carbonyl (C=O) groups excluding carboxylic acids is 1. The number of ether oxygens (including phenoxy) is 1. The van der Waals surface area contributed by atoms with E-state index in [1.165, 1.54) is 6.42 Å². The van der Waals surface area contributed by atoms with Crippen molar-refractivity contribution in [3.8, 4) is 0 Å². The first-order chi connectivity index (χ1) is 8.37. The number of thiazole rings is 1. The van der Waals surface area contributed by atoms with Crippen molar-refractivity contribution in [1.82, 2.24) is 10.3 Å². The lowest BCUT2D eigenvalue weighted by Gasteiger charge is -2.18. The van der Waals surface area contributed by atoms with Crippen LogP contribution in [0.5, 0.6) is 0 Å². The Kier molecular flexibility index (Phi) is 3.73. The zero-order chi connectivity index (χ0) is 13.3. The largest absolute Gasteiger partial charge is 0.455 e. The lowest BCUT2D eigenvalue weighted by atomic mass is 10.2. The van der Waals surface area contributed by atoms with Gasteiger partial charge in [0.1, 0.15) is 10.6 Å². The van der Waals surface area contributed by atoms with Crippen molar-refractivity contribution in [3.05, 3.63) is 15.6 Å². The molecule has 2 rings (SSSR count). The maximum Gasteiger partial charge on any atom is 0.358 e. The lowest BCUT2D eigenvalue weighted by molar-refractivity contribution is 0.00627. The highest BCUT2D eigenvalue weighted by atomic mass is 32.1. The summed E-state index contributed by atoms with van der Waals surface area (Å²) in [5.41, 5.74) is -0.00235. The molecule has 1 aromatic rings. The van der Waals surface area contributed by atoms with E-state index in [0.717, 1.165) is 22.9 Å². The van der Waals surface area contributed by atoms with Crippen LogP contribution in [0, 0.1) is 6.92 Å². The van der Waals surface area contributed by atoms with Crippen LogP contribution in [0.4, 0.5) is 0 Å². The average molecular weight is 268 g/mol. The monoisotopic (exact) mass is 268 g/mol. The smallest absolute Gasteiger partial charge is 0.358 e. The Labute approximate surface area is 112 Å². The fraction of sp³-hybridized carbons (Fsp3) is 0.692. The number of aromatic nitrogens is 1. The predicted molar refractivity (Wildman–Crippen MR) is 72.0 cm³/mol. The third kappa shape index (κ3) is 3.09.